The minimum absolute atomic E-state index is 0.861. The monoisotopic (exact) mass is 703 g/mol. The first kappa shape index (κ1) is 31.2. The van der Waals surface area contributed by atoms with Crippen molar-refractivity contribution < 1.29 is 8.83 Å². The molecule has 0 aliphatic heterocycles. The number of hydrogen-bond donors (Lipinski definition) is 0. The van der Waals surface area contributed by atoms with Crippen LogP contribution in [0, 0.1) is 0 Å². The number of fused-ring (bicyclic) bond motifs is 8. The second-order valence-corrected chi connectivity index (χ2v) is 14.0. The van der Waals surface area contributed by atoms with E-state index in [4.69, 9.17) is 8.83 Å². The van der Waals surface area contributed by atoms with Gasteiger partial charge in [-0.2, -0.15) is 0 Å². The van der Waals surface area contributed by atoms with E-state index in [-0.39, 0.29) is 0 Å². The zero-order valence-corrected chi connectivity index (χ0v) is 29.8. The Bertz CT molecular complexity index is 3180. The van der Waals surface area contributed by atoms with Gasteiger partial charge in [0.2, 0.25) is 0 Å². The number of benzene rings is 9. The highest BCUT2D eigenvalue weighted by Crippen LogP contribution is 2.45. The SMILES string of the molecule is c1ccc(-c2ccc(N(c3ccccc3)c3ccc(-c4cccc5ccc6oc7c(-c8cccc9c8oc8ccccc89)cccc7c6c45)cc3)cc2)cc1. The minimum atomic E-state index is 0.861. The molecule has 55 heavy (non-hydrogen) atoms. The van der Waals surface area contributed by atoms with E-state index in [1.54, 1.807) is 0 Å². The van der Waals surface area contributed by atoms with Crippen LogP contribution in [-0.2, 0) is 0 Å². The molecule has 3 nitrogen and oxygen atoms in total. The summed E-state index contributed by atoms with van der Waals surface area (Å²) in [6, 6.07) is 70.8. The van der Waals surface area contributed by atoms with E-state index in [2.05, 4.69) is 193 Å². The van der Waals surface area contributed by atoms with Gasteiger partial charge in [0, 0.05) is 55.1 Å². The molecule has 3 heteroatoms. The van der Waals surface area contributed by atoms with E-state index in [0.717, 1.165) is 77.6 Å². The van der Waals surface area contributed by atoms with Gasteiger partial charge in [-0.3, -0.25) is 0 Å². The fourth-order valence-corrected chi connectivity index (χ4v) is 8.33. The van der Waals surface area contributed by atoms with Crippen LogP contribution in [0.15, 0.2) is 209 Å². The fourth-order valence-electron chi connectivity index (χ4n) is 8.33. The highest BCUT2D eigenvalue weighted by Gasteiger charge is 2.20. The maximum absolute atomic E-state index is 6.80. The van der Waals surface area contributed by atoms with E-state index < -0.39 is 0 Å². The predicted octanol–water partition coefficient (Wildman–Crippen LogP) is 15.1. The van der Waals surface area contributed by atoms with Crippen molar-refractivity contribution in [1.82, 2.24) is 0 Å². The lowest BCUT2D eigenvalue weighted by Gasteiger charge is -2.26. The van der Waals surface area contributed by atoms with Crippen molar-refractivity contribution in [3.63, 3.8) is 0 Å². The average Bonchev–Trinajstić information content (AvgIpc) is 3.84. The zero-order chi connectivity index (χ0) is 36.3. The molecule has 0 saturated carbocycles. The molecule has 11 rings (SSSR count). The molecule has 0 fully saturated rings. The van der Waals surface area contributed by atoms with E-state index in [9.17, 15) is 0 Å². The van der Waals surface area contributed by atoms with Crippen molar-refractivity contribution in [2.24, 2.45) is 0 Å². The van der Waals surface area contributed by atoms with Gasteiger partial charge >= 0.3 is 0 Å². The lowest BCUT2D eigenvalue weighted by atomic mass is 9.93. The van der Waals surface area contributed by atoms with Crippen LogP contribution in [0.1, 0.15) is 0 Å². The Balaban J connectivity index is 1.04. The molecule has 0 bridgehead atoms. The third-order valence-corrected chi connectivity index (χ3v) is 10.9. The largest absolute Gasteiger partial charge is 0.455 e. The van der Waals surface area contributed by atoms with Gasteiger partial charge in [0.25, 0.3) is 0 Å². The molecule has 2 aromatic heterocycles. The Kier molecular flexibility index (Phi) is 7.17. The van der Waals surface area contributed by atoms with Crippen molar-refractivity contribution in [1.29, 1.82) is 0 Å². The number of para-hydroxylation sites is 4. The zero-order valence-electron chi connectivity index (χ0n) is 29.8. The smallest absolute Gasteiger partial charge is 0.143 e. The molecule has 0 unspecified atom stereocenters. The van der Waals surface area contributed by atoms with Crippen molar-refractivity contribution in [3.8, 4) is 33.4 Å². The summed E-state index contributed by atoms with van der Waals surface area (Å²) in [7, 11) is 0. The Morgan fingerprint density at radius 1 is 0.291 bits per heavy atom. The van der Waals surface area contributed by atoms with Crippen LogP contribution in [-0.4, -0.2) is 0 Å². The molecule has 0 spiro atoms. The first-order valence-corrected chi connectivity index (χ1v) is 18.7. The Morgan fingerprint density at radius 2 is 0.818 bits per heavy atom. The first-order valence-electron chi connectivity index (χ1n) is 18.7. The van der Waals surface area contributed by atoms with E-state index in [0.29, 0.717) is 0 Å². The molecule has 258 valence electrons. The molecule has 0 N–H and O–H groups in total. The highest BCUT2D eigenvalue weighted by molar-refractivity contribution is 6.25. The summed E-state index contributed by atoms with van der Waals surface area (Å²) in [4.78, 5) is 2.31. The molecular formula is C52H33NO2. The molecule has 11 aromatic rings. The number of furan rings is 2. The van der Waals surface area contributed by atoms with Gasteiger partial charge in [-0.25, -0.2) is 0 Å². The third-order valence-electron chi connectivity index (χ3n) is 10.9. The van der Waals surface area contributed by atoms with Gasteiger partial charge < -0.3 is 13.7 Å². The summed E-state index contributed by atoms with van der Waals surface area (Å²) in [5, 5.41) is 6.78. The van der Waals surface area contributed by atoms with Crippen molar-refractivity contribution >= 4 is 71.7 Å². The summed E-state index contributed by atoms with van der Waals surface area (Å²) in [6.45, 7) is 0. The fraction of sp³-hybridized carbons (Fsp3) is 0. The molecule has 0 radical (unpaired) electrons. The lowest BCUT2D eigenvalue weighted by Crippen LogP contribution is -2.09. The van der Waals surface area contributed by atoms with Crippen LogP contribution in [0.4, 0.5) is 17.1 Å². The normalized spacial score (nSPS) is 11.6. The summed E-state index contributed by atoms with van der Waals surface area (Å²) in [5.74, 6) is 0. The van der Waals surface area contributed by atoms with Gasteiger partial charge in [0.15, 0.2) is 0 Å². The minimum Gasteiger partial charge on any atom is -0.455 e. The van der Waals surface area contributed by atoms with Crippen LogP contribution < -0.4 is 4.90 Å². The molecular weight excluding hydrogens is 671 g/mol. The van der Waals surface area contributed by atoms with Crippen LogP contribution in [0.5, 0.6) is 0 Å². The molecule has 0 aliphatic rings. The highest BCUT2D eigenvalue weighted by atomic mass is 16.3. The third kappa shape index (κ3) is 5.13. The van der Waals surface area contributed by atoms with Crippen LogP contribution in [0.3, 0.4) is 0 Å². The van der Waals surface area contributed by atoms with Crippen molar-refractivity contribution in [2.45, 2.75) is 0 Å². The Morgan fingerprint density at radius 3 is 1.56 bits per heavy atom. The second kappa shape index (κ2) is 12.6. The molecule has 0 aliphatic carbocycles. The molecule has 0 amide bonds. The maximum Gasteiger partial charge on any atom is 0.143 e. The van der Waals surface area contributed by atoms with E-state index in [1.807, 2.05) is 12.1 Å². The average molecular weight is 704 g/mol. The molecule has 9 aromatic carbocycles. The van der Waals surface area contributed by atoms with E-state index >= 15 is 0 Å². The predicted molar refractivity (Wildman–Crippen MR) is 229 cm³/mol. The first-order chi connectivity index (χ1) is 27.3. The quantitative estimate of drug-likeness (QED) is 0.173. The topological polar surface area (TPSA) is 29.5 Å². The maximum atomic E-state index is 6.80. The lowest BCUT2D eigenvalue weighted by molar-refractivity contribution is 0.665. The van der Waals surface area contributed by atoms with Gasteiger partial charge in [-0.1, -0.05) is 152 Å². The standard InChI is InChI=1S/C52H33NO2/c1-3-12-34(13-4-1)35-24-29-39(30-25-35)53(38-15-5-2-6-16-38)40-31-26-36(27-32-40)41-18-9-14-37-28-33-48-50(49(37)41)46-22-11-21-45(52(46)55-48)44-20-10-19-43-42-17-7-8-23-47(42)54-51(43)44/h1-33H. The van der Waals surface area contributed by atoms with Gasteiger partial charge in [0.05, 0.1) is 0 Å². The molecule has 0 saturated heterocycles. The van der Waals surface area contributed by atoms with Crippen LogP contribution in [0.2, 0.25) is 0 Å². The Labute approximate surface area is 317 Å². The second-order valence-electron chi connectivity index (χ2n) is 14.0. The number of nitrogens with zero attached hydrogens (tertiary/aromatic N) is 1. The summed E-state index contributed by atoms with van der Waals surface area (Å²) < 4.78 is 13.3. The van der Waals surface area contributed by atoms with Crippen molar-refractivity contribution in [3.05, 3.63) is 200 Å². The van der Waals surface area contributed by atoms with Crippen molar-refractivity contribution in [2.75, 3.05) is 4.90 Å². The molecule has 2 heterocycles. The summed E-state index contributed by atoms with van der Waals surface area (Å²) in [5.41, 5.74) is 13.5. The van der Waals surface area contributed by atoms with Gasteiger partial charge in [-0.05, 0) is 76.2 Å². The number of anilines is 3. The van der Waals surface area contributed by atoms with Crippen LogP contribution in [0.25, 0.3) is 88.0 Å². The van der Waals surface area contributed by atoms with Crippen LogP contribution >= 0.6 is 0 Å². The Hall–Kier alpha value is -7.36. The molecule has 0 atom stereocenters. The number of hydrogen-bond acceptors (Lipinski definition) is 3. The summed E-state index contributed by atoms with van der Waals surface area (Å²) in [6.07, 6.45) is 0. The summed E-state index contributed by atoms with van der Waals surface area (Å²) >= 11 is 0. The van der Waals surface area contributed by atoms with Gasteiger partial charge in [0.1, 0.15) is 22.3 Å². The van der Waals surface area contributed by atoms with Gasteiger partial charge in [-0.15, -0.1) is 0 Å². The van der Waals surface area contributed by atoms with E-state index in [1.165, 1.54) is 27.5 Å². The number of rotatable bonds is 6.